The second kappa shape index (κ2) is 7.71. The SMILES string of the molecule is CC1(NC(=O)C2CCN(c3ccc(C(F)(F)F)cc3[N+](=O)[O-])CC2)CCS(=O)(=O)C1. The van der Waals surface area contributed by atoms with Gasteiger partial charge in [0.05, 0.1) is 27.5 Å². The summed E-state index contributed by atoms with van der Waals surface area (Å²) < 4.78 is 62.0. The van der Waals surface area contributed by atoms with Crippen molar-refractivity contribution in [1.82, 2.24) is 5.32 Å². The van der Waals surface area contributed by atoms with E-state index >= 15 is 0 Å². The van der Waals surface area contributed by atoms with Gasteiger partial charge in [-0.25, -0.2) is 8.42 Å². The number of carbonyl (C=O) groups is 1. The van der Waals surface area contributed by atoms with Gasteiger partial charge in [0.1, 0.15) is 5.69 Å². The molecule has 1 aromatic rings. The molecule has 2 aliphatic heterocycles. The van der Waals surface area contributed by atoms with Crippen LogP contribution in [-0.2, 0) is 20.8 Å². The van der Waals surface area contributed by atoms with E-state index in [4.69, 9.17) is 0 Å². The van der Waals surface area contributed by atoms with Gasteiger partial charge in [0.15, 0.2) is 9.84 Å². The first kappa shape index (κ1) is 22.3. The molecule has 0 spiro atoms. The number of benzene rings is 1. The molecular weight excluding hydrogens is 427 g/mol. The number of piperidine rings is 1. The van der Waals surface area contributed by atoms with Crippen LogP contribution in [0.2, 0.25) is 0 Å². The molecule has 0 radical (unpaired) electrons. The Bertz CT molecular complexity index is 958. The van der Waals surface area contributed by atoms with Crippen molar-refractivity contribution in [3.63, 3.8) is 0 Å². The number of carbonyl (C=O) groups excluding carboxylic acids is 1. The molecule has 2 saturated heterocycles. The molecule has 1 amide bonds. The number of sulfone groups is 1. The molecule has 0 aromatic heterocycles. The number of amides is 1. The maximum Gasteiger partial charge on any atom is 0.416 e. The van der Waals surface area contributed by atoms with Gasteiger partial charge < -0.3 is 10.2 Å². The van der Waals surface area contributed by atoms with Gasteiger partial charge in [0, 0.05) is 25.1 Å². The summed E-state index contributed by atoms with van der Waals surface area (Å²) in [5.41, 5.74) is -2.44. The minimum Gasteiger partial charge on any atom is -0.366 e. The van der Waals surface area contributed by atoms with Crippen LogP contribution in [0.5, 0.6) is 0 Å². The largest absolute Gasteiger partial charge is 0.416 e. The molecule has 0 saturated carbocycles. The van der Waals surface area contributed by atoms with Crippen molar-refractivity contribution in [3.05, 3.63) is 33.9 Å². The summed E-state index contributed by atoms with van der Waals surface area (Å²) in [7, 11) is -3.17. The van der Waals surface area contributed by atoms with E-state index in [0.29, 0.717) is 25.3 Å². The monoisotopic (exact) mass is 449 g/mol. The maximum atomic E-state index is 12.9. The van der Waals surface area contributed by atoms with Crippen molar-refractivity contribution >= 4 is 27.1 Å². The smallest absolute Gasteiger partial charge is 0.366 e. The molecule has 1 aromatic carbocycles. The number of hydrogen-bond acceptors (Lipinski definition) is 6. The summed E-state index contributed by atoms with van der Waals surface area (Å²) >= 11 is 0. The third-order valence-electron chi connectivity index (χ3n) is 5.63. The van der Waals surface area contributed by atoms with Crippen LogP contribution < -0.4 is 10.2 Å². The second-order valence-corrected chi connectivity index (χ2v) is 10.3. The Hall–Kier alpha value is -2.37. The molecular formula is C18H22F3N3O5S. The number of hydrogen-bond donors (Lipinski definition) is 1. The van der Waals surface area contributed by atoms with Crippen LogP contribution in [0, 0.1) is 16.0 Å². The molecule has 1 unspecified atom stereocenters. The Kier molecular flexibility index (Phi) is 5.74. The molecule has 0 aliphatic carbocycles. The van der Waals surface area contributed by atoms with Gasteiger partial charge in [-0.15, -0.1) is 0 Å². The fraction of sp³-hybridized carbons (Fsp3) is 0.611. The number of nitrogens with zero attached hydrogens (tertiary/aromatic N) is 2. The average molecular weight is 449 g/mol. The minimum atomic E-state index is -4.68. The van der Waals surface area contributed by atoms with Crippen molar-refractivity contribution in [2.45, 2.75) is 37.9 Å². The van der Waals surface area contributed by atoms with E-state index in [0.717, 1.165) is 12.1 Å². The number of alkyl halides is 3. The van der Waals surface area contributed by atoms with Crippen molar-refractivity contribution in [1.29, 1.82) is 0 Å². The fourth-order valence-electron chi connectivity index (χ4n) is 4.00. The van der Waals surface area contributed by atoms with Crippen molar-refractivity contribution in [2.75, 3.05) is 29.5 Å². The van der Waals surface area contributed by atoms with Crippen LogP contribution in [0.25, 0.3) is 0 Å². The lowest BCUT2D eigenvalue weighted by atomic mass is 9.93. The standard InChI is InChI=1S/C18H22F3N3O5S/c1-17(6-9-30(28,29)11-17)22-16(25)12-4-7-23(8-5-12)14-3-2-13(18(19,20)21)10-15(14)24(26)27/h2-3,10,12H,4-9,11H2,1H3,(H,22,25). The first-order valence-electron chi connectivity index (χ1n) is 9.43. The second-order valence-electron chi connectivity index (χ2n) is 8.11. The molecule has 1 N–H and O–H groups in total. The highest BCUT2D eigenvalue weighted by atomic mass is 32.2. The summed E-state index contributed by atoms with van der Waals surface area (Å²) in [6.45, 7) is 2.22. The number of rotatable bonds is 4. The number of halogens is 3. The molecule has 2 fully saturated rings. The van der Waals surface area contributed by atoms with E-state index in [-0.39, 0.29) is 36.2 Å². The number of anilines is 1. The Morgan fingerprint density at radius 2 is 1.93 bits per heavy atom. The normalized spacial score (nSPS) is 24.6. The molecule has 30 heavy (non-hydrogen) atoms. The highest BCUT2D eigenvalue weighted by molar-refractivity contribution is 7.91. The Labute approximate surface area is 171 Å². The lowest BCUT2D eigenvalue weighted by Crippen LogP contribution is -2.51. The van der Waals surface area contributed by atoms with Crippen LogP contribution in [0.4, 0.5) is 24.5 Å². The Morgan fingerprint density at radius 1 is 1.30 bits per heavy atom. The number of nitrogens with one attached hydrogen (secondary N) is 1. The molecule has 1 atom stereocenters. The zero-order chi connectivity index (χ0) is 22.3. The molecule has 8 nitrogen and oxygen atoms in total. The predicted molar refractivity (Wildman–Crippen MR) is 103 cm³/mol. The van der Waals surface area contributed by atoms with E-state index < -0.39 is 43.6 Å². The molecule has 2 aliphatic rings. The van der Waals surface area contributed by atoms with E-state index in [9.17, 15) is 36.5 Å². The van der Waals surface area contributed by atoms with Crippen LogP contribution in [0.1, 0.15) is 31.7 Å². The van der Waals surface area contributed by atoms with Crippen LogP contribution in [0.15, 0.2) is 18.2 Å². The topological polar surface area (TPSA) is 110 Å². The number of nitro benzene ring substituents is 1. The summed E-state index contributed by atoms with van der Waals surface area (Å²) in [4.78, 5) is 24.6. The van der Waals surface area contributed by atoms with Gasteiger partial charge in [-0.3, -0.25) is 14.9 Å². The lowest BCUT2D eigenvalue weighted by Gasteiger charge is -2.34. The molecule has 3 rings (SSSR count). The maximum absolute atomic E-state index is 12.9. The van der Waals surface area contributed by atoms with Crippen LogP contribution in [-0.4, -0.2) is 49.4 Å². The lowest BCUT2D eigenvalue weighted by molar-refractivity contribution is -0.384. The highest BCUT2D eigenvalue weighted by Crippen LogP contribution is 2.37. The van der Waals surface area contributed by atoms with Crippen molar-refractivity contribution in [3.8, 4) is 0 Å². The van der Waals surface area contributed by atoms with Gasteiger partial charge in [0.2, 0.25) is 5.91 Å². The fourth-order valence-corrected chi connectivity index (χ4v) is 6.10. The van der Waals surface area contributed by atoms with Gasteiger partial charge in [-0.05, 0) is 38.3 Å². The number of nitro groups is 1. The van der Waals surface area contributed by atoms with Gasteiger partial charge in [-0.1, -0.05) is 0 Å². The summed E-state index contributed by atoms with van der Waals surface area (Å²) in [6.07, 6.45) is -3.63. The van der Waals surface area contributed by atoms with E-state index in [2.05, 4.69) is 5.32 Å². The molecule has 2 heterocycles. The van der Waals surface area contributed by atoms with Crippen molar-refractivity contribution < 1.29 is 31.3 Å². The third kappa shape index (κ3) is 4.85. The average Bonchev–Trinajstić information content (AvgIpc) is 2.93. The predicted octanol–water partition coefficient (Wildman–Crippen LogP) is 2.52. The first-order chi connectivity index (χ1) is 13.8. The third-order valence-corrected chi connectivity index (χ3v) is 7.54. The Balaban J connectivity index is 1.67. The quantitative estimate of drug-likeness (QED) is 0.559. The molecule has 0 bridgehead atoms. The van der Waals surface area contributed by atoms with E-state index in [1.165, 1.54) is 0 Å². The summed E-state index contributed by atoms with van der Waals surface area (Å²) in [5, 5.41) is 14.1. The Morgan fingerprint density at radius 3 is 2.43 bits per heavy atom. The summed E-state index contributed by atoms with van der Waals surface area (Å²) in [5.74, 6) is -0.742. The van der Waals surface area contributed by atoms with Crippen LogP contribution in [0.3, 0.4) is 0 Å². The minimum absolute atomic E-state index is 0.0276. The highest BCUT2D eigenvalue weighted by Gasteiger charge is 2.41. The molecule has 166 valence electrons. The van der Waals surface area contributed by atoms with Crippen molar-refractivity contribution in [2.24, 2.45) is 5.92 Å². The van der Waals surface area contributed by atoms with Crippen LogP contribution >= 0.6 is 0 Å². The van der Waals surface area contributed by atoms with Gasteiger partial charge in [0.25, 0.3) is 5.69 Å². The summed E-state index contributed by atoms with van der Waals surface area (Å²) in [6, 6.07) is 2.42. The van der Waals surface area contributed by atoms with E-state index in [1.807, 2.05) is 0 Å². The van der Waals surface area contributed by atoms with Gasteiger partial charge in [-0.2, -0.15) is 13.2 Å². The molecule has 12 heteroatoms. The zero-order valence-corrected chi connectivity index (χ0v) is 17.1. The van der Waals surface area contributed by atoms with E-state index in [1.54, 1.807) is 11.8 Å². The zero-order valence-electron chi connectivity index (χ0n) is 16.2. The first-order valence-corrected chi connectivity index (χ1v) is 11.2. The van der Waals surface area contributed by atoms with Gasteiger partial charge >= 0.3 is 6.18 Å².